The van der Waals surface area contributed by atoms with Crippen LogP contribution in [0.2, 0.25) is 0 Å². The van der Waals surface area contributed by atoms with E-state index in [1.54, 1.807) is 37.6 Å². The average molecular weight is 500 g/mol. The third-order valence-electron chi connectivity index (χ3n) is 5.74. The molecule has 9 nitrogen and oxygen atoms in total. The second kappa shape index (κ2) is 8.57. The summed E-state index contributed by atoms with van der Waals surface area (Å²) in [6.45, 7) is 9.23. The molecule has 0 amide bonds. The molecular formula is C25H30N3O6P. The molecule has 4 N–H and O–H groups in total. The highest BCUT2D eigenvalue weighted by atomic mass is 31.2. The van der Waals surface area contributed by atoms with Crippen LogP contribution in [0.1, 0.15) is 26.3 Å². The van der Waals surface area contributed by atoms with Gasteiger partial charge in [-0.1, -0.05) is 26.8 Å². The van der Waals surface area contributed by atoms with Crippen LogP contribution < -0.4 is 20.1 Å². The number of phenols is 1. The fourth-order valence-corrected chi connectivity index (χ4v) is 4.96. The molecule has 2 heterocycles. The van der Waals surface area contributed by atoms with Crippen LogP contribution in [-0.4, -0.2) is 45.7 Å². The molecule has 0 saturated carbocycles. The topological polar surface area (TPSA) is 126 Å². The van der Waals surface area contributed by atoms with Crippen LogP contribution in [0.15, 0.2) is 41.4 Å². The summed E-state index contributed by atoms with van der Waals surface area (Å²) in [4.78, 5) is 4.79. The lowest BCUT2D eigenvalue weighted by Gasteiger charge is -2.22. The average Bonchev–Trinajstić information content (AvgIpc) is 3.31. The van der Waals surface area contributed by atoms with Gasteiger partial charge in [0.15, 0.2) is 17.2 Å². The monoisotopic (exact) mass is 499 g/mol. The maximum atomic E-state index is 12.6. The number of nitrogens with one attached hydrogen (secondary N) is 1. The molecule has 0 spiro atoms. The molecule has 0 unspecified atom stereocenters. The molecule has 4 rings (SSSR count). The van der Waals surface area contributed by atoms with Crippen molar-refractivity contribution in [3.05, 3.63) is 42.0 Å². The number of fused-ring (bicyclic) bond motifs is 1. The quantitative estimate of drug-likeness (QED) is 0.220. The molecule has 0 atom stereocenters. The minimum Gasteiger partial charge on any atom is -0.505 e. The van der Waals surface area contributed by atoms with Crippen molar-refractivity contribution in [2.24, 2.45) is 17.5 Å². The molecule has 3 aromatic rings. The third kappa shape index (κ3) is 4.56. The summed E-state index contributed by atoms with van der Waals surface area (Å²) in [5, 5.41) is 35.7. The summed E-state index contributed by atoms with van der Waals surface area (Å²) < 4.78 is 24.7. The highest BCUT2D eigenvalue weighted by Crippen LogP contribution is 2.49. The number of ether oxygens (including phenoxy) is 2. The zero-order chi connectivity index (χ0) is 25.7. The zero-order valence-electron chi connectivity index (χ0n) is 20.6. The van der Waals surface area contributed by atoms with Gasteiger partial charge in [0.2, 0.25) is 18.6 Å². The summed E-state index contributed by atoms with van der Waals surface area (Å²) >= 11 is 0. The van der Waals surface area contributed by atoms with E-state index in [0.29, 0.717) is 22.5 Å². The van der Waals surface area contributed by atoms with Crippen molar-refractivity contribution >= 4 is 35.2 Å². The summed E-state index contributed by atoms with van der Waals surface area (Å²) in [7, 11) is -1.27. The van der Waals surface area contributed by atoms with Gasteiger partial charge in [-0.15, -0.1) is 0 Å². The van der Waals surface area contributed by atoms with Crippen LogP contribution in [0.5, 0.6) is 29.0 Å². The molecule has 2 aromatic carbocycles. The van der Waals surface area contributed by atoms with E-state index in [9.17, 15) is 19.9 Å². The minimum absolute atomic E-state index is 0.0913. The highest BCUT2D eigenvalue weighted by molar-refractivity contribution is 7.70. The van der Waals surface area contributed by atoms with Crippen molar-refractivity contribution in [1.29, 1.82) is 0 Å². The second-order valence-corrected chi connectivity index (χ2v) is 13.0. The Bertz CT molecular complexity index is 1380. The van der Waals surface area contributed by atoms with Gasteiger partial charge >= 0.3 is 0 Å². The predicted molar refractivity (Wildman–Crippen MR) is 137 cm³/mol. The maximum absolute atomic E-state index is 12.6. The summed E-state index contributed by atoms with van der Waals surface area (Å²) in [6.07, 6.45) is 0. The predicted octanol–water partition coefficient (Wildman–Crippen LogP) is 5.03. The molecule has 0 bridgehead atoms. The number of hydrogen-bond donors (Lipinski definition) is 4. The van der Waals surface area contributed by atoms with Gasteiger partial charge in [0.25, 0.3) is 0 Å². The van der Waals surface area contributed by atoms with Gasteiger partial charge in [-0.25, -0.2) is 4.99 Å². The first-order chi connectivity index (χ1) is 16.3. The van der Waals surface area contributed by atoms with Gasteiger partial charge in [-0.05, 0) is 43.7 Å². The second-order valence-electron chi connectivity index (χ2n) is 9.86. The van der Waals surface area contributed by atoms with Crippen LogP contribution in [0.25, 0.3) is 0 Å². The molecule has 10 heteroatoms. The Labute approximate surface area is 204 Å². The van der Waals surface area contributed by atoms with Crippen molar-refractivity contribution in [3.63, 3.8) is 0 Å². The summed E-state index contributed by atoms with van der Waals surface area (Å²) in [6, 6.07) is 10.3. The van der Waals surface area contributed by atoms with Crippen molar-refractivity contribution in [3.8, 4) is 29.0 Å². The maximum Gasteiger partial charge on any atom is 0.231 e. The Kier molecular flexibility index (Phi) is 6.01. The Morgan fingerprint density at radius 2 is 1.74 bits per heavy atom. The molecule has 1 aliphatic heterocycles. The molecular weight excluding hydrogens is 469 g/mol. The van der Waals surface area contributed by atoms with E-state index in [-0.39, 0.29) is 41.4 Å². The Morgan fingerprint density at radius 3 is 2.40 bits per heavy atom. The Morgan fingerprint density at radius 1 is 1.06 bits per heavy atom. The molecule has 0 radical (unpaired) electrons. The lowest BCUT2D eigenvalue weighted by molar-refractivity contribution is 0.174. The fourth-order valence-electron chi connectivity index (χ4n) is 3.89. The van der Waals surface area contributed by atoms with E-state index in [1.165, 1.54) is 11.6 Å². The van der Waals surface area contributed by atoms with Gasteiger partial charge in [0, 0.05) is 18.0 Å². The Hall–Kier alpha value is -3.58. The third-order valence-corrected chi connectivity index (χ3v) is 7.26. The molecule has 1 aromatic heterocycles. The van der Waals surface area contributed by atoms with E-state index in [0.717, 1.165) is 5.56 Å². The van der Waals surface area contributed by atoms with Crippen molar-refractivity contribution in [1.82, 2.24) is 4.57 Å². The standard InChI is InChI=1S/C25H30N3O6P/c1-25(2,3)22(14-10-11-16-17(12-14)34-13-33-16)27-20-19(23(30)28(4)24(20)31)26-15-8-7-9-18(21(15)29)35(5,6)32/h7-12,26,29-31H,13H2,1-6H3. The van der Waals surface area contributed by atoms with Crippen LogP contribution in [0.4, 0.5) is 17.1 Å². The van der Waals surface area contributed by atoms with Crippen molar-refractivity contribution in [2.75, 3.05) is 25.4 Å². The van der Waals surface area contributed by atoms with Crippen LogP contribution in [-0.2, 0) is 11.6 Å². The SMILES string of the molecule is Cn1c(O)c(N=C(c2ccc3c(c2)OCO3)C(C)(C)C)c(Nc2cccc(P(C)(C)=O)c2O)c1O. The number of rotatable bonds is 5. The van der Waals surface area contributed by atoms with E-state index in [2.05, 4.69) is 5.32 Å². The van der Waals surface area contributed by atoms with Crippen molar-refractivity contribution in [2.45, 2.75) is 20.8 Å². The summed E-state index contributed by atoms with van der Waals surface area (Å²) in [5.41, 5.74) is 1.35. The number of phenolic OH excluding ortho intramolecular Hbond substituents is 1. The van der Waals surface area contributed by atoms with Crippen LogP contribution in [0.3, 0.4) is 0 Å². The minimum atomic E-state index is -2.76. The fraction of sp³-hybridized carbons (Fsp3) is 0.320. The van der Waals surface area contributed by atoms with Gasteiger partial charge in [0.1, 0.15) is 18.6 Å². The first-order valence-electron chi connectivity index (χ1n) is 11.0. The highest BCUT2D eigenvalue weighted by Gasteiger charge is 2.28. The number of aliphatic imine (C=N–C) groups is 1. The zero-order valence-corrected chi connectivity index (χ0v) is 21.5. The number of para-hydroxylation sites is 1. The molecule has 0 saturated heterocycles. The van der Waals surface area contributed by atoms with E-state index >= 15 is 0 Å². The lowest BCUT2D eigenvalue weighted by atomic mass is 9.85. The largest absolute Gasteiger partial charge is 0.505 e. The molecule has 186 valence electrons. The first kappa shape index (κ1) is 24.5. The van der Waals surface area contributed by atoms with Crippen LogP contribution in [0, 0.1) is 5.41 Å². The van der Waals surface area contributed by atoms with E-state index in [1.807, 2.05) is 32.9 Å². The van der Waals surface area contributed by atoms with Crippen LogP contribution >= 0.6 is 7.14 Å². The number of aromatic hydroxyl groups is 3. The molecule has 0 aliphatic carbocycles. The molecule has 35 heavy (non-hydrogen) atoms. The van der Waals surface area contributed by atoms with Gasteiger partial charge in [-0.3, -0.25) is 4.57 Å². The molecule has 1 aliphatic rings. The number of anilines is 2. The van der Waals surface area contributed by atoms with E-state index in [4.69, 9.17) is 14.5 Å². The first-order valence-corrected chi connectivity index (χ1v) is 13.6. The van der Waals surface area contributed by atoms with Crippen molar-refractivity contribution < 1.29 is 29.4 Å². The molecule has 0 fully saturated rings. The van der Waals surface area contributed by atoms with Gasteiger partial charge in [-0.2, -0.15) is 0 Å². The number of aromatic nitrogens is 1. The van der Waals surface area contributed by atoms with Gasteiger partial charge < -0.3 is 34.7 Å². The number of hydrogen-bond acceptors (Lipinski definition) is 8. The number of nitrogens with zero attached hydrogens (tertiary/aromatic N) is 2. The number of benzene rings is 2. The normalized spacial score (nSPS) is 13.8. The van der Waals surface area contributed by atoms with Gasteiger partial charge in [0.05, 0.1) is 16.7 Å². The Balaban J connectivity index is 1.87. The summed E-state index contributed by atoms with van der Waals surface area (Å²) in [5.74, 6) is 0.513. The van der Waals surface area contributed by atoms with E-state index < -0.39 is 12.6 Å². The smallest absolute Gasteiger partial charge is 0.231 e. The lowest BCUT2D eigenvalue weighted by Crippen LogP contribution is -2.21.